The minimum atomic E-state index is 0.641. The molecule has 88 valence electrons. The third-order valence-electron chi connectivity index (χ3n) is 1.99. The van der Waals surface area contributed by atoms with E-state index in [1.54, 1.807) is 6.21 Å². The number of benzene rings is 1. The smallest absolute Gasteiger partial charge is 0.118 e. The maximum absolute atomic E-state index is 5.76. The maximum Gasteiger partial charge on any atom is 0.118 e. The highest BCUT2D eigenvalue weighted by Crippen LogP contribution is 2.07. The Kier molecular flexibility index (Phi) is 5.90. The van der Waals surface area contributed by atoms with Gasteiger partial charge in [-0.1, -0.05) is 28.9 Å². The average molecular weight is 241 g/mol. The van der Waals surface area contributed by atoms with Crippen molar-refractivity contribution in [1.82, 2.24) is 4.90 Å². The summed E-state index contributed by atoms with van der Waals surface area (Å²) in [5.74, 6) is 0. The molecule has 0 bridgehead atoms. The largest absolute Gasteiger partial charge is 0.396 e. The highest BCUT2D eigenvalue weighted by molar-refractivity contribution is 6.30. The zero-order chi connectivity index (χ0) is 11.8. The zero-order valence-electron chi connectivity index (χ0n) is 9.69. The molecule has 16 heavy (non-hydrogen) atoms. The molecule has 3 nitrogen and oxygen atoms in total. The average Bonchev–Trinajstić information content (AvgIpc) is 2.25. The molecule has 0 amide bonds. The third-order valence-corrected chi connectivity index (χ3v) is 2.24. The lowest BCUT2D eigenvalue weighted by molar-refractivity contribution is 0.136. The number of oxime groups is 1. The van der Waals surface area contributed by atoms with Crippen LogP contribution in [0.2, 0.25) is 5.02 Å². The Morgan fingerprint density at radius 2 is 2.00 bits per heavy atom. The van der Waals surface area contributed by atoms with E-state index in [1.807, 2.05) is 38.4 Å². The van der Waals surface area contributed by atoms with Crippen molar-refractivity contribution >= 4 is 17.8 Å². The molecular formula is C12H17ClN2O. The SMILES string of the molecule is CN(C)CCCO/N=C/c1ccc(Cl)cc1. The van der Waals surface area contributed by atoms with Crippen LogP contribution in [-0.4, -0.2) is 38.4 Å². The van der Waals surface area contributed by atoms with Gasteiger partial charge in [0.05, 0.1) is 6.21 Å². The number of hydrogen-bond donors (Lipinski definition) is 0. The van der Waals surface area contributed by atoms with Crippen molar-refractivity contribution < 1.29 is 4.84 Å². The zero-order valence-corrected chi connectivity index (χ0v) is 10.4. The number of nitrogens with zero attached hydrogens (tertiary/aromatic N) is 2. The predicted molar refractivity (Wildman–Crippen MR) is 68.2 cm³/mol. The quantitative estimate of drug-likeness (QED) is 0.434. The van der Waals surface area contributed by atoms with Gasteiger partial charge in [-0.3, -0.25) is 0 Å². The summed E-state index contributed by atoms with van der Waals surface area (Å²) < 4.78 is 0. The van der Waals surface area contributed by atoms with Gasteiger partial charge in [0, 0.05) is 11.6 Å². The van der Waals surface area contributed by atoms with Crippen molar-refractivity contribution in [2.75, 3.05) is 27.2 Å². The summed E-state index contributed by atoms with van der Waals surface area (Å²) in [6, 6.07) is 7.45. The van der Waals surface area contributed by atoms with Gasteiger partial charge in [-0.15, -0.1) is 0 Å². The van der Waals surface area contributed by atoms with Gasteiger partial charge in [0.25, 0.3) is 0 Å². The second kappa shape index (κ2) is 7.25. The summed E-state index contributed by atoms with van der Waals surface area (Å²) in [6.45, 7) is 1.65. The summed E-state index contributed by atoms with van der Waals surface area (Å²) in [5.41, 5.74) is 0.983. The molecule has 0 aliphatic heterocycles. The molecule has 0 aliphatic rings. The fourth-order valence-electron chi connectivity index (χ4n) is 1.15. The molecule has 0 heterocycles. The van der Waals surface area contributed by atoms with Gasteiger partial charge in [0.2, 0.25) is 0 Å². The van der Waals surface area contributed by atoms with Crippen LogP contribution in [0.15, 0.2) is 29.4 Å². The fourth-order valence-corrected chi connectivity index (χ4v) is 1.27. The normalized spacial score (nSPS) is 11.2. The van der Waals surface area contributed by atoms with E-state index in [0.29, 0.717) is 6.61 Å². The minimum Gasteiger partial charge on any atom is -0.396 e. The van der Waals surface area contributed by atoms with E-state index < -0.39 is 0 Å². The van der Waals surface area contributed by atoms with Crippen molar-refractivity contribution in [2.45, 2.75) is 6.42 Å². The fraction of sp³-hybridized carbons (Fsp3) is 0.417. The number of halogens is 1. The first-order chi connectivity index (χ1) is 7.68. The second-order valence-corrected chi connectivity index (χ2v) is 4.21. The van der Waals surface area contributed by atoms with E-state index in [4.69, 9.17) is 16.4 Å². The Labute approximate surface area is 102 Å². The monoisotopic (exact) mass is 240 g/mol. The minimum absolute atomic E-state index is 0.641. The van der Waals surface area contributed by atoms with Gasteiger partial charge in [0.1, 0.15) is 6.61 Å². The molecule has 0 aromatic heterocycles. The lowest BCUT2D eigenvalue weighted by Crippen LogP contribution is -2.14. The highest BCUT2D eigenvalue weighted by atomic mass is 35.5. The first-order valence-corrected chi connectivity index (χ1v) is 5.62. The Morgan fingerprint density at radius 1 is 1.31 bits per heavy atom. The highest BCUT2D eigenvalue weighted by Gasteiger charge is 1.91. The lowest BCUT2D eigenvalue weighted by atomic mass is 10.2. The molecule has 0 fully saturated rings. The summed E-state index contributed by atoms with van der Waals surface area (Å²) in [4.78, 5) is 7.25. The molecule has 1 aromatic carbocycles. The van der Waals surface area contributed by atoms with Gasteiger partial charge in [-0.05, 0) is 38.2 Å². The van der Waals surface area contributed by atoms with Crippen molar-refractivity contribution in [2.24, 2.45) is 5.16 Å². The molecule has 0 N–H and O–H groups in total. The summed E-state index contributed by atoms with van der Waals surface area (Å²) in [5, 5.41) is 4.61. The van der Waals surface area contributed by atoms with Gasteiger partial charge in [-0.25, -0.2) is 0 Å². The Morgan fingerprint density at radius 3 is 2.62 bits per heavy atom. The molecule has 0 radical (unpaired) electrons. The van der Waals surface area contributed by atoms with E-state index >= 15 is 0 Å². The Balaban J connectivity index is 2.19. The molecule has 0 saturated heterocycles. The van der Waals surface area contributed by atoms with E-state index in [2.05, 4.69) is 10.1 Å². The van der Waals surface area contributed by atoms with Crippen molar-refractivity contribution in [3.05, 3.63) is 34.9 Å². The summed E-state index contributed by atoms with van der Waals surface area (Å²) in [6.07, 6.45) is 2.66. The second-order valence-electron chi connectivity index (χ2n) is 3.78. The molecule has 0 atom stereocenters. The van der Waals surface area contributed by atoms with E-state index in [9.17, 15) is 0 Å². The first kappa shape index (κ1) is 13.0. The molecule has 1 rings (SSSR count). The molecule has 0 saturated carbocycles. The topological polar surface area (TPSA) is 24.8 Å². The third kappa shape index (κ3) is 5.73. The van der Waals surface area contributed by atoms with E-state index in [1.165, 1.54) is 0 Å². The van der Waals surface area contributed by atoms with Gasteiger partial charge in [-0.2, -0.15) is 0 Å². The van der Waals surface area contributed by atoms with E-state index in [-0.39, 0.29) is 0 Å². The molecule has 1 aromatic rings. The molecular weight excluding hydrogens is 224 g/mol. The molecule has 0 unspecified atom stereocenters. The van der Waals surface area contributed by atoms with E-state index in [0.717, 1.165) is 23.6 Å². The summed E-state index contributed by atoms with van der Waals surface area (Å²) in [7, 11) is 4.08. The molecule has 0 aliphatic carbocycles. The van der Waals surface area contributed by atoms with Gasteiger partial charge in [0.15, 0.2) is 0 Å². The number of hydrogen-bond acceptors (Lipinski definition) is 3. The van der Waals surface area contributed by atoms with Crippen LogP contribution in [0.3, 0.4) is 0 Å². The van der Waals surface area contributed by atoms with Crippen LogP contribution in [0.4, 0.5) is 0 Å². The molecule has 0 spiro atoms. The van der Waals surface area contributed by atoms with Crippen LogP contribution >= 0.6 is 11.6 Å². The van der Waals surface area contributed by atoms with Gasteiger partial charge < -0.3 is 9.74 Å². The number of rotatable bonds is 6. The van der Waals surface area contributed by atoms with Crippen molar-refractivity contribution in [3.63, 3.8) is 0 Å². The van der Waals surface area contributed by atoms with Crippen LogP contribution in [0.5, 0.6) is 0 Å². The lowest BCUT2D eigenvalue weighted by Gasteiger charge is -2.07. The molecule has 4 heteroatoms. The van der Waals surface area contributed by atoms with Crippen LogP contribution in [-0.2, 0) is 4.84 Å². The van der Waals surface area contributed by atoms with Crippen molar-refractivity contribution in [3.8, 4) is 0 Å². The first-order valence-electron chi connectivity index (χ1n) is 5.24. The Hall–Kier alpha value is -1.06. The summed E-state index contributed by atoms with van der Waals surface area (Å²) >= 11 is 5.76. The van der Waals surface area contributed by atoms with Crippen LogP contribution in [0.1, 0.15) is 12.0 Å². The van der Waals surface area contributed by atoms with Crippen LogP contribution in [0.25, 0.3) is 0 Å². The van der Waals surface area contributed by atoms with Crippen LogP contribution < -0.4 is 0 Å². The van der Waals surface area contributed by atoms with Gasteiger partial charge >= 0.3 is 0 Å². The Bertz CT molecular complexity index is 322. The standard InChI is InChI=1S/C12H17ClN2O/c1-15(2)8-3-9-16-14-10-11-4-6-12(13)7-5-11/h4-7,10H,3,8-9H2,1-2H3/b14-10+. The predicted octanol–water partition coefficient (Wildman–Crippen LogP) is 2.64. The maximum atomic E-state index is 5.76. The van der Waals surface area contributed by atoms with Crippen LogP contribution in [0, 0.1) is 0 Å². The van der Waals surface area contributed by atoms with Crippen molar-refractivity contribution in [1.29, 1.82) is 0 Å².